The summed E-state index contributed by atoms with van der Waals surface area (Å²) < 4.78 is 16.8. The number of fused-ring (bicyclic) bond motifs is 1. The molecule has 0 aromatic heterocycles. The van der Waals surface area contributed by atoms with Crippen LogP contribution in [0.1, 0.15) is 30.7 Å². The van der Waals surface area contributed by atoms with Gasteiger partial charge in [-0.05, 0) is 45.0 Å². The minimum Gasteiger partial charge on any atom is -0.493 e. The van der Waals surface area contributed by atoms with Crippen molar-refractivity contribution in [2.45, 2.75) is 31.2 Å². The number of likely N-dealkylation sites (tertiary alicyclic amines) is 1. The molecule has 2 aliphatic heterocycles. The molecular weight excluding hydrogens is 254 g/mol. The SMILES string of the molecule is COc1ccc2c(c1OC)C(C[C@H]1CCCN1C)CO2. The van der Waals surface area contributed by atoms with Gasteiger partial charge in [0.05, 0.1) is 20.8 Å². The lowest BCUT2D eigenvalue weighted by Gasteiger charge is -2.23. The van der Waals surface area contributed by atoms with E-state index in [1.54, 1.807) is 14.2 Å². The quantitative estimate of drug-likeness (QED) is 0.846. The first kappa shape index (κ1) is 13.6. The Hall–Kier alpha value is -1.42. The second-order valence-electron chi connectivity index (χ2n) is 5.73. The number of ether oxygens (including phenoxy) is 3. The van der Waals surface area contributed by atoms with E-state index in [9.17, 15) is 0 Å². The Balaban J connectivity index is 1.88. The average molecular weight is 277 g/mol. The van der Waals surface area contributed by atoms with Crippen LogP contribution in [0.3, 0.4) is 0 Å². The third-order valence-electron chi connectivity index (χ3n) is 4.62. The first-order chi connectivity index (χ1) is 9.74. The molecular formula is C16H23NO3. The second kappa shape index (κ2) is 5.52. The van der Waals surface area contributed by atoms with Crippen molar-refractivity contribution in [1.82, 2.24) is 4.90 Å². The first-order valence-corrected chi connectivity index (χ1v) is 7.32. The zero-order valence-electron chi connectivity index (χ0n) is 12.5. The summed E-state index contributed by atoms with van der Waals surface area (Å²) in [5, 5.41) is 0. The zero-order chi connectivity index (χ0) is 14.1. The summed E-state index contributed by atoms with van der Waals surface area (Å²) in [7, 11) is 5.60. The lowest BCUT2D eigenvalue weighted by atomic mass is 9.92. The molecule has 1 fully saturated rings. The van der Waals surface area contributed by atoms with E-state index in [0.717, 1.165) is 30.3 Å². The molecule has 4 nitrogen and oxygen atoms in total. The molecule has 0 saturated carbocycles. The largest absolute Gasteiger partial charge is 0.493 e. The number of hydrogen-bond donors (Lipinski definition) is 0. The fourth-order valence-electron chi connectivity index (χ4n) is 3.51. The fraction of sp³-hybridized carbons (Fsp3) is 0.625. The van der Waals surface area contributed by atoms with Gasteiger partial charge in [0, 0.05) is 17.5 Å². The highest BCUT2D eigenvalue weighted by Gasteiger charge is 2.34. The molecule has 3 rings (SSSR count). The highest BCUT2D eigenvalue weighted by molar-refractivity contribution is 5.57. The maximum Gasteiger partial charge on any atom is 0.168 e. The molecule has 1 aromatic rings. The van der Waals surface area contributed by atoms with Crippen molar-refractivity contribution in [2.75, 3.05) is 34.4 Å². The number of nitrogens with zero attached hydrogens (tertiary/aromatic N) is 1. The van der Waals surface area contributed by atoms with E-state index >= 15 is 0 Å². The van der Waals surface area contributed by atoms with Gasteiger partial charge in [-0.15, -0.1) is 0 Å². The zero-order valence-corrected chi connectivity index (χ0v) is 12.5. The van der Waals surface area contributed by atoms with Crippen molar-refractivity contribution in [2.24, 2.45) is 0 Å². The topological polar surface area (TPSA) is 30.9 Å². The standard InChI is InChI=1S/C16H23NO3/c1-17-8-4-5-12(17)9-11-10-20-13-6-7-14(18-2)16(19-3)15(11)13/h6-7,11-12H,4-5,8-10H2,1-3H3/t11?,12-/m1/s1. The van der Waals surface area contributed by atoms with Crippen LogP contribution in [-0.2, 0) is 0 Å². The summed E-state index contributed by atoms with van der Waals surface area (Å²) in [6.45, 7) is 1.96. The van der Waals surface area contributed by atoms with E-state index < -0.39 is 0 Å². The smallest absolute Gasteiger partial charge is 0.168 e. The van der Waals surface area contributed by atoms with Gasteiger partial charge in [0.2, 0.25) is 0 Å². The lowest BCUT2D eigenvalue weighted by Crippen LogP contribution is -2.27. The van der Waals surface area contributed by atoms with Crippen LogP contribution in [-0.4, -0.2) is 45.4 Å². The molecule has 1 aromatic carbocycles. The predicted molar refractivity (Wildman–Crippen MR) is 78.1 cm³/mol. The third kappa shape index (κ3) is 2.22. The van der Waals surface area contributed by atoms with Crippen molar-refractivity contribution in [3.05, 3.63) is 17.7 Å². The van der Waals surface area contributed by atoms with Crippen molar-refractivity contribution in [1.29, 1.82) is 0 Å². The van der Waals surface area contributed by atoms with Crippen molar-refractivity contribution >= 4 is 0 Å². The summed E-state index contributed by atoms with van der Waals surface area (Å²) in [4.78, 5) is 2.46. The fourth-order valence-corrected chi connectivity index (χ4v) is 3.51. The molecule has 20 heavy (non-hydrogen) atoms. The van der Waals surface area contributed by atoms with Crippen molar-refractivity contribution < 1.29 is 14.2 Å². The first-order valence-electron chi connectivity index (χ1n) is 7.32. The molecule has 2 aliphatic rings. The Morgan fingerprint density at radius 2 is 2.15 bits per heavy atom. The summed E-state index contributed by atoms with van der Waals surface area (Å²) in [6.07, 6.45) is 3.72. The third-order valence-corrected chi connectivity index (χ3v) is 4.62. The van der Waals surface area contributed by atoms with E-state index in [2.05, 4.69) is 11.9 Å². The summed E-state index contributed by atoms with van der Waals surface area (Å²) in [5.41, 5.74) is 1.19. The summed E-state index contributed by atoms with van der Waals surface area (Å²) in [5.74, 6) is 2.99. The van der Waals surface area contributed by atoms with Crippen LogP contribution in [0.4, 0.5) is 0 Å². The van der Waals surface area contributed by atoms with Gasteiger partial charge in [-0.3, -0.25) is 0 Å². The van der Waals surface area contributed by atoms with Crippen LogP contribution >= 0.6 is 0 Å². The number of hydrogen-bond acceptors (Lipinski definition) is 4. The Morgan fingerprint density at radius 1 is 1.30 bits per heavy atom. The van der Waals surface area contributed by atoms with Gasteiger partial charge >= 0.3 is 0 Å². The van der Waals surface area contributed by atoms with Gasteiger partial charge in [-0.25, -0.2) is 0 Å². The second-order valence-corrected chi connectivity index (χ2v) is 5.73. The maximum atomic E-state index is 5.84. The Labute approximate surface area is 120 Å². The lowest BCUT2D eigenvalue weighted by molar-refractivity contribution is 0.255. The van der Waals surface area contributed by atoms with Crippen LogP contribution < -0.4 is 14.2 Å². The Bertz CT molecular complexity index is 489. The van der Waals surface area contributed by atoms with Gasteiger partial charge in [0.15, 0.2) is 11.5 Å². The summed E-state index contributed by atoms with van der Waals surface area (Å²) >= 11 is 0. The molecule has 2 heterocycles. The highest BCUT2D eigenvalue weighted by atomic mass is 16.5. The molecule has 0 bridgehead atoms. The van der Waals surface area contributed by atoms with Gasteiger partial charge in [0.1, 0.15) is 5.75 Å². The van der Waals surface area contributed by atoms with Gasteiger partial charge in [-0.2, -0.15) is 0 Å². The monoisotopic (exact) mass is 277 g/mol. The minimum atomic E-state index is 0.403. The molecule has 0 radical (unpaired) electrons. The van der Waals surface area contributed by atoms with Crippen LogP contribution in [0.15, 0.2) is 12.1 Å². The van der Waals surface area contributed by atoms with E-state index in [0.29, 0.717) is 12.0 Å². The Morgan fingerprint density at radius 3 is 2.80 bits per heavy atom. The van der Waals surface area contributed by atoms with Crippen LogP contribution in [0.2, 0.25) is 0 Å². The molecule has 1 unspecified atom stereocenters. The molecule has 0 spiro atoms. The summed E-state index contributed by atoms with van der Waals surface area (Å²) in [6, 6.07) is 4.57. The van der Waals surface area contributed by atoms with E-state index in [1.165, 1.54) is 24.9 Å². The normalized spacial score (nSPS) is 25.4. The van der Waals surface area contributed by atoms with Crippen LogP contribution in [0.5, 0.6) is 17.2 Å². The van der Waals surface area contributed by atoms with Crippen molar-refractivity contribution in [3.8, 4) is 17.2 Å². The van der Waals surface area contributed by atoms with Crippen LogP contribution in [0, 0.1) is 0 Å². The van der Waals surface area contributed by atoms with E-state index in [-0.39, 0.29) is 0 Å². The Kier molecular flexibility index (Phi) is 3.74. The number of benzene rings is 1. The maximum absolute atomic E-state index is 5.84. The van der Waals surface area contributed by atoms with Gasteiger partial charge in [0.25, 0.3) is 0 Å². The number of rotatable bonds is 4. The van der Waals surface area contributed by atoms with Crippen molar-refractivity contribution in [3.63, 3.8) is 0 Å². The predicted octanol–water partition coefficient (Wildman–Crippen LogP) is 2.66. The molecule has 2 atom stereocenters. The molecule has 0 aliphatic carbocycles. The molecule has 1 saturated heterocycles. The van der Waals surface area contributed by atoms with E-state index in [4.69, 9.17) is 14.2 Å². The van der Waals surface area contributed by atoms with Gasteiger partial charge < -0.3 is 19.1 Å². The molecule has 0 amide bonds. The minimum absolute atomic E-state index is 0.403. The molecule has 4 heteroatoms. The van der Waals surface area contributed by atoms with Crippen LogP contribution in [0.25, 0.3) is 0 Å². The average Bonchev–Trinajstić information content (AvgIpc) is 3.05. The highest BCUT2D eigenvalue weighted by Crippen LogP contribution is 2.47. The number of methoxy groups -OCH3 is 2. The molecule has 110 valence electrons. The van der Waals surface area contributed by atoms with Gasteiger partial charge in [-0.1, -0.05) is 0 Å². The molecule has 0 N–H and O–H groups in total. The van der Waals surface area contributed by atoms with E-state index in [1.807, 2.05) is 12.1 Å².